The molecule has 1 N–H and O–H groups in total. The smallest absolute Gasteiger partial charge is 0.408 e. The van der Waals surface area contributed by atoms with Gasteiger partial charge in [-0.15, -0.1) is 0 Å². The quantitative estimate of drug-likeness (QED) is 0.784. The third-order valence-corrected chi connectivity index (χ3v) is 2.81. The Kier molecular flexibility index (Phi) is 4.93. The lowest BCUT2D eigenvalue weighted by Crippen LogP contribution is -2.42. The van der Waals surface area contributed by atoms with Gasteiger partial charge in [0.2, 0.25) is 0 Å². The van der Waals surface area contributed by atoms with Crippen molar-refractivity contribution < 1.29 is 14.3 Å². The summed E-state index contributed by atoms with van der Waals surface area (Å²) in [5, 5.41) is 2.58. The molecule has 1 aliphatic carbocycles. The highest BCUT2D eigenvalue weighted by atomic mass is 16.6. The molecule has 4 heteroatoms. The van der Waals surface area contributed by atoms with E-state index in [2.05, 4.69) is 17.5 Å². The van der Waals surface area contributed by atoms with E-state index in [1.54, 1.807) is 27.7 Å². The summed E-state index contributed by atoms with van der Waals surface area (Å²) in [5.41, 5.74) is -0.539. The Hall–Kier alpha value is -1.32. The Bertz CT molecular complexity index is 333. The number of ketones is 1. The molecular weight excluding hydrogens is 230 g/mol. The number of ether oxygens (including phenoxy) is 1. The fourth-order valence-corrected chi connectivity index (χ4v) is 1.87. The maximum absolute atomic E-state index is 11.9. The van der Waals surface area contributed by atoms with E-state index in [0.29, 0.717) is 12.3 Å². The molecule has 1 atom stereocenters. The molecule has 0 fully saturated rings. The van der Waals surface area contributed by atoms with Crippen LogP contribution in [0.2, 0.25) is 0 Å². The first-order valence-electron chi connectivity index (χ1n) is 6.45. The zero-order valence-corrected chi connectivity index (χ0v) is 11.7. The Morgan fingerprint density at radius 1 is 1.33 bits per heavy atom. The van der Waals surface area contributed by atoms with Gasteiger partial charge in [-0.1, -0.05) is 12.2 Å². The summed E-state index contributed by atoms with van der Waals surface area (Å²) in [4.78, 5) is 23.4. The van der Waals surface area contributed by atoms with Crippen molar-refractivity contribution in [3.05, 3.63) is 12.2 Å². The van der Waals surface area contributed by atoms with Gasteiger partial charge >= 0.3 is 6.09 Å². The molecule has 0 heterocycles. The number of amides is 1. The van der Waals surface area contributed by atoms with E-state index in [-0.39, 0.29) is 5.78 Å². The standard InChI is InChI=1S/C14H23NO3/c1-10(15-13(17)18-14(2,3)4)12(16)9-11-7-5-6-8-11/h5-6,10-11H,7-9H2,1-4H3,(H,15,17). The average molecular weight is 253 g/mol. The van der Waals surface area contributed by atoms with Gasteiger partial charge in [-0.05, 0) is 46.5 Å². The van der Waals surface area contributed by atoms with Crippen LogP contribution in [0.5, 0.6) is 0 Å². The zero-order chi connectivity index (χ0) is 13.8. The molecule has 1 rings (SSSR count). The number of carbonyl (C=O) groups is 2. The highest BCUT2D eigenvalue weighted by Gasteiger charge is 2.23. The highest BCUT2D eigenvalue weighted by Crippen LogP contribution is 2.22. The van der Waals surface area contributed by atoms with Crippen molar-refractivity contribution in [1.29, 1.82) is 0 Å². The number of hydrogen-bond acceptors (Lipinski definition) is 3. The third-order valence-electron chi connectivity index (χ3n) is 2.81. The average Bonchev–Trinajstić information content (AvgIpc) is 2.66. The maximum Gasteiger partial charge on any atom is 0.408 e. The molecule has 0 spiro atoms. The number of allylic oxidation sites excluding steroid dienone is 2. The van der Waals surface area contributed by atoms with Crippen LogP contribution in [0.25, 0.3) is 0 Å². The Labute approximate surface area is 109 Å². The van der Waals surface area contributed by atoms with Crippen molar-refractivity contribution in [2.45, 2.75) is 58.6 Å². The number of carbonyl (C=O) groups excluding carboxylic acids is 2. The lowest BCUT2D eigenvalue weighted by Gasteiger charge is -2.22. The summed E-state index contributed by atoms with van der Waals surface area (Å²) < 4.78 is 5.11. The van der Waals surface area contributed by atoms with Crippen LogP contribution in [0.4, 0.5) is 4.79 Å². The van der Waals surface area contributed by atoms with Crippen LogP contribution in [0.15, 0.2) is 12.2 Å². The van der Waals surface area contributed by atoms with Gasteiger partial charge in [0, 0.05) is 6.42 Å². The first-order valence-corrected chi connectivity index (χ1v) is 6.45. The van der Waals surface area contributed by atoms with Crippen molar-refractivity contribution in [3.63, 3.8) is 0 Å². The summed E-state index contributed by atoms with van der Waals surface area (Å²) in [5.74, 6) is 0.468. The van der Waals surface area contributed by atoms with Gasteiger partial charge in [0.1, 0.15) is 5.60 Å². The molecule has 0 saturated heterocycles. The number of nitrogens with one attached hydrogen (secondary N) is 1. The number of rotatable bonds is 4. The first-order chi connectivity index (χ1) is 8.28. The van der Waals surface area contributed by atoms with Gasteiger partial charge in [0.15, 0.2) is 5.78 Å². The van der Waals surface area contributed by atoms with E-state index in [4.69, 9.17) is 4.74 Å². The predicted molar refractivity (Wildman–Crippen MR) is 70.3 cm³/mol. The van der Waals surface area contributed by atoms with Crippen molar-refractivity contribution in [2.75, 3.05) is 0 Å². The van der Waals surface area contributed by atoms with E-state index in [9.17, 15) is 9.59 Å². The zero-order valence-electron chi connectivity index (χ0n) is 11.7. The fraction of sp³-hybridized carbons (Fsp3) is 0.714. The van der Waals surface area contributed by atoms with Gasteiger partial charge in [-0.2, -0.15) is 0 Å². The SMILES string of the molecule is CC(NC(=O)OC(C)(C)C)C(=O)CC1CC=CC1. The van der Waals surface area contributed by atoms with Crippen molar-refractivity contribution >= 4 is 11.9 Å². The molecule has 1 aliphatic rings. The predicted octanol–water partition coefficient (Wildman–Crippen LogP) is 2.83. The summed E-state index contributed by atoms with van der Waals surface area (Å²) in [6.07, 6.45) is 6.11. The highest BCUT2D eigenvalue weighted by molar-refractivity contribution is 5.87. The molecule has 18 heavy (non-hydrogen) atoms. The van der Waals surface area contributed by atoms with Gasteiger partial charge in [0.05, 0.1) is 6.04 Å². The van der Waals surface area contributed by atoms with Gasteiger partial charge in [0.25, 0.3) is 0 Å². The molecule has 0 radical (unpaired) electrons. The van der Waals surface area contributed by atoms with Crippen molar-refractivity contribution in [3.8, 4) is 0 Å². The third kappa shape index (κ3) is 5.34. The molecule has 1 unspecified atom stereocenters. The normalized spacial score (nSPS) is 17.6. The Balaban J connectivity index is 2.32. The minimum absolute atomic E-state index is 0.0644. The van der Waals surface area contributed by atoms with Gasteiger partial charge in [-0.25, -0.2) is 4.79 Å². The fourth-order valence-electron chi connectivity index (χ4n) is 1.87. The van der Waals surface area contributed by atoms with Crippen LogP contribution in [0.1, 0.15) is 47.0 Å². The molecule has 0 aromatic rings. The Morgan fingerprint density at radius 2 is 1.89 bits per heavy atom. The largest absolute Gasteiger partial charge is 0.444 e. The molecule has 0 saturated carbocycles. The van der Waals surface area contributed by atoms with E-state index in [1.807, 2.05) is 0 Å². The monoisotopic (exact) mass is 253 g/mol. The molecule has 1 amide bonds. The molecule has 0 bridgehead atoms. The van der Waals surface area contributed by atoms with E-state index < -0.39 is 17.7 Å². The minimum Gasteiger partial charge on any atom is -0.444 e. The van der Waals surface area contributed by atoms with Crippen LogP contribution in [-0.2, 0) is 9.53 Å². The maximum atomic E-state index is 11.9. The van der Waals surface area contributed by atoms with Gasteiger partial charge in [-0.3, -0.25) is 4.79 Å². The van der Waals surface area contributed by atoms with Gasteiger partial charge < -0.3 is 10.1 Å². The second-order valence-corrected chi connectivity index (χ2v) is 5.85. The lowest BCUT2D eigenvalue weighted by atomic mass is 9.97. The van der Waals surface area contributed by atoms with E-state index >= 15 is 0 Å². The summed E-state index contributed by atoms with van der Waals surface area (Å²) in [7, 11) is 0. The van der Waals surface area contributed by atoms with Crippen LogP contribution < -0.4 is 5.32 Å². The Morgan fingerprint density at radius 3 is 2.39 bits per heavy atom. The van der Waals surface area contributed by atoms with Crippen LogP contribution in [-0.4, -0.2) is 23.5 Å². The van der Waals surface area contributed by atoms with E-state index in [1.165, 1.54) is 0 Å². The number of Topliss-reactive ketones (excluding diaryl/α,β-unsaturated/α-hetero) is 1. The summed E-state index contributed by atoms with van der Waals surface area (Å²) in [6.45, 7) is 7.09. The lowest BCUT2D eigenvalue weighted by molar-refractivity contribution is -0.121. The van der Waals surface area contributed by atoms with Crippen LogP contribution in [0, 0.1) is 5.92 Å². The van der Waals surface area contributed by atoms with Crippen molar-refractivity contribution in [1.82, 2.24) is 5.32 Å². The molecule has 4 nitrogen and oxygen atoms in total. The molecule has 0 aromatic heterocycles. The second-order valence-electron chi connectivity index (χ2n) is 5.85. The van der Waals surface area contributed by atoms with Crippen LogP contribution in [0.3, 0.4) is 0 Å². The van der Waals surface area contributed by atoms with Crippen LogP contribution >= 0.6 is 0 Å². The summed E-state index contributed by atoms with van der Waals surface area (Å²) in [6, 6.07) is -0.486. The second kappa shape index (κ2) is 6.03. The summed E-state index contributed by atoms with van der Waals surface area (Å²) >= 11 is 0. The molecule has 0 aliphatic heterocycles. The molecule has 0 aromatic carbocycles. The number of hydrogen-bond donors (Lipinski definition) is 1. The molecule has 102 valence electrons. The first kappa shape index (κ1) is 14.7. The van der Waals surface area contributed by atoms with E-state index in [0.717, 1.165) is 12.8 Å². The topological polar surface area (TPSA) is 55.4 Å². The molecular formula is C14H23NO3. The van der Waals surface area contributed by atoms with Crippen molar-refractivity contribution in [2.24, 2.45) is 5.92 Å². The minimum atomic E-state index is -0.539. The number of alkyl carbamates (subject to hydrolysis) is 1.